The Balaban J connectivity index is 1.32. The standard InChI is InChI=1S/C21H25N5O/c1-15-20(17-5-2-3-6-18(17)25-15)16-8-13-26(14-9-16)19(27)7-12-24-21-22-10-4-11-23-21/h2-6,10-11,16,25H,7-9,12-14H2,1H3,(H,22,23,24). The molecule has 140 valence electrons. The van der Waals surface area contributed by atoms with Crippen molar-refractivity contribution >= 4 is 22.8 Å². The second kappa shape index (κ2) is 7.78. The monoisotopic (exact) mass is 363 g/mol. The van der Waals surface area contributed by atoms with Crippen LogP contribution in [0.4, 0.5) is 5.95 Å². The summed E-state index contributed by atoms with van der Waals surface area (Å²) in [5.74, 6) is 1.28. The van der Waals surface area contributed by atoms with Gasteiger partial charge in [-0.05, 0) is 43.4 Å². The minimum Gasteiger partial charge on any atom is -0.358 e. The van der Waals surface area contributed by atoms with E-state index in [0.29, 0.717) is 24.8 Å². The number of aromatic nitrogens is 3. The summed E-state index contributed by atoms with van der Waals surface area (Å²) < 4.78 is 0. The van der Waals surface area contributed by atoms with Gasteiger partial charge in [-0.25, -0.2) is 9.97 Å². The van der Waals surface area contributed by atoms with E-state index in [1.54, 1.807) is 18.5 Å². The number of H-pyrrole nitrogens is 1. The minimum atomic E-state index is 0.201. The summed E-state index contributed by atoms with van der Waals surface area (Å²) in [5.41, 5.74) is 3.89. The Kier molecular flexibility index (Phi) is 5.05. The van der Waals surface area contributed by atoms with E-state index in [0.717, 1.165) is 25.9 Å². The number of nitrogens with one attached hydrogen (secondary N) is 2. The highest BCUT2D eigenvalue weighted by Crippen LogP contribution is 2.35. The highest BCUT2D eigenvalue weighted by molar-refractivity contribution is 5.85. The Morgan fingerprint density at radius 3 is 2.70 bits per heavy atom. The minimum absolute atomic E-state index is 0.201. The number of aromatic amines is 1. The van der Waals surface area contributed by atoms with Crippen molar-refractivity contribution < 1.29 is 4.79 Å². The van der Waals surface area contributed by atoms with E-state index in [2.05, 4.69) is 51.5 Å². The summed E-state index contributed by atoms with van der Waals surface area (Å²) >= 11 is 0. The number of aryl methyl sites for hydroxylation is 1. The molecular weight excluding hydrogens is 338 g/mol. The number of carbonyl (C=O) groups is 1. The fraction of sp³-hybridized carbons (Fsp3) is 0.381. The third kappa shape index (κ3) is 3.79. The van der Waals surface area contributed by atoms with Crippen LogP contribution in [-0.4, -0.2) is 45.4 Å². The lowest BCUT2D eigenvalue weighted by Gasteiger charge is -2.32. The number of carbonyl (C=O) groups excluding carboxylic acids is 1. The smallest absolute Gasteiger partial charge is 0.224 e. The second-order valence-electron chi connectivity index (χ2n) is 7.11. The summed E-state index contributed by atoms with van der Waals surface area (Å²) in [4.78, 5) is 26.2. The Bertz CT molecular complexity index is 913. The normalized spacial score (nSPS) is 15.2. The number of hydrogen-bond donors (Lipinski definition) is 2. The molecule has 0 radical (unpaired) electrons. The van der Waals surface area contributed by atoms with Crippen LogP contribution in [0.2, 0.25) is 0 Å². The quantitative estimate of drug-likeness (QED) is 0.728. The molecular formula is C21H25N5O. The van der Waals surface area contributed by atoms with E-state index in [4.69, 9.17) is 0 Å². The Morgan fingerprint density at radius 1 is 1.19 bits per heavy atom. The predicted molar refractivity (Wildman–Crippen MR) is 107 cm³/mol. The predicted octanol–water partition coefficient (Wildman–Crippen LogP) is 3.47. The SMILES string of the molecule is Cc1[nH]c2ccccc2c1C1CCN(C(=O)CCNc2ncccn2)CC1. The van der Waals surface area contributed by atoms with Crippen LogP contribution in [0, 0.1) is 6.92 Å². The van der Waals surface area contributed by atoms with E-state index in [1.807, 2.05) is 4.90 Å². The molecule has 6 heteroatoms. The van der Waals surface area contributed by atoms with Gasteiger partial charge in [-0.1, -0.05) is 18.2 Å². The zero-order valence-electron chi connectivity index (χ0n) is 15.6. The third-order valence-electron chi connectivity index (χ3n) is 5.39. The van der Waals surface area contributed by atoms with Gasteiger partial charge in [-0.3, -0.25) is 4.79 Å². The Hall–Kier alpha value is -2.89. The molecule has 3 heterocycles. The zero-order chi connectivity index (χ0) is 18.6. The largest absolute Gasteiger partial charge is 0.358 e. The molecule has 0 saturated carbocycles. The molecule has 4 rings (SSSR count). The van der Waals surface area contributed by atoms with Gasteiger partial charge < -0.3 is 15.2 Å². The summed E-state index contributed by atoms with van der Waals surface area (Å²) in [6.07, 6.45) is 5.88. The van der Waals surface area contributed by atoms with E-state index in [1.165, 1.54) is 22.2 Å². The fourth-order valence-corrected chi connectivity index (χ4v) is 4.07. The zero-order valence-corrected chi connectivity index (χ0v) is 15.6. The van der Waals surface area contributed by atoms with Crippen LogP contribution in [0.1, 0.15) is 36.4 Å². The maximum Gasteiger partial charge on any atom is 0.224 e. The number of anilines is 1. The molecule has 0 aliphatic carbocycles. The maximum absolute atomic E-state index is 12.5. The van der Waals surface area contributed by atoms with E-state index in [-0.39, 0.29) is 5.91 Å². The first kappa shape index (κ1) is 17.5. The van der Waals surface area contributed by atoms with Crippen LogP contribution in [0.3, 0.4) is 0 Å². The van der Waals surface area contributed by atoms with Crippen molar-refractivity contribution in [3.8, 4) is 0 Å². The molecule has 0 atom stereocenters. The average Bonchev–Trinajstić information content (AvgIpc) is 3.04. The molecule has 1 aliphatic rings. The average molecular weight is 363 g/mol. The topological polar surface area (TPSA) is 73.9 Å². The molecule has 1 aliphatic heterocycles. The number of fused-ring (bicyclic) bond motifs is 1. The first-order valence-corrected chi connectivity index (χ1v) is 9.58. The van der Waals surface area contributed by atoms with Gasteiger partial charge in [-0.15, -0.1) is 0 Å². The van der Waals surface area contributed by atoms with Gasteiger partial charge in [0, 0.05) is 55.0 Å². The van der Waals surface area contributed by atoms with Crippen molar-refractivity contribution in [1.82, 2.24) is 19.9 Å². The molecule has 0 spiro atoms. The number of nitrogens with zero attached hydrogens (tertiary/aromatic N) is 3. The molecule has 1 saturated heterocycles. The molecule has 0 bridgehead atoms. The van der Waals surface area contributed by atoms with Gasteiger partial charge >= 0.3 is 0 Å². The van der Waals surface area contributed by atoms with Crippen LogP contribution >= 0.6 is 0 Å². The summed E-state index contributed by atoms with van der Waals surface area (Å²) in [6.45, 7) is 4.36. The van der Waals surface area contributed by atoms with Gasteiger partial charge in [0.1, 0.15) is 0 Å². The van der Waals surface area contributed by atoms with Gasteiger partial charge in [0.25, 0.3) is 0 Å². The van der Waals surface area contributed by atoms with Crippen molar-refractivity contribution in [2.75, 3.05) is 25.0 Å². The van der Waals surface area contributed by atoms with Crippen LogP contribution in [0.15, 0.2) is 42.7 Å². The number of hydrogen-bond acceptors (Lipinski definition) is 4. The fourth-order valence-electron chi connectivity index (χ4n) is 4.07. The van der Waals surface area contributed by atoms with Gasteiger partial charge in [-0.2, -0.15) is 0 Å². The second-order valence-corrected chi connectivity index (χ2v) is 7.11. The molecule has 0 unspecified atom stereocenters. The number of rotatable bonds is 5. The lowest BCUT2D eigenvalue weighted by molar-refractivity contribution is -0.131. The highest BCUT2D eigenvalue weighted by Gasteiger charge is 2.26. The summed E-state index contributed by atoms with van der Waals surface area (Å²) in [6, 6.07) is 10.3. The highest BCUT2D eigenvalue weighted by atomic mass is 16.2. The van der Waals surface area contributed by atoms with E-state index in [9.17, 15) is 4.79 Å². The van der Waals surface area contributed by atoms with Crippen molar-refractivity contribution in [3.05, 3.63) is 54.0 Å². The number of benzene rings is 1. The van der Waals surface area contributed by atoms with E-state index >= 15 is 0 Å². The lowest BCUT2D eigenvalue weighted by atomic mass is 9.87. The number of para-hydroxylation sites is 1. The van der Waals surface area contributed by atoms with Crippen molar-refractivity contribution in [1.29, 1.82) is 0 Å². The summed E-state index contributed by atoms with van der Waals surface area (Å²) in [5, 5.41) is 4.43. The molecule has 1 fully saturated rings. The van der Waals surface area contributed by atoms with E-state index < -0.39 is 0 Å². The van der Waals surface area contributed by atoms with Crippen LogP contribution in [-0.2, 0) is 4.79 Å². The van der Waals surface area contributed by atoms with Crippen molar-refractivity contribution in [2.24, 2.45) is 0 Å². The molecule has 1 amide bonds. The van der Waals surface area contributed by atoms with Crippen LogP contribution in [0.25, 0.3) is 10.9 Å². The molecule has 2 aromatic heterocycles. The Morgan fingerprint density at radius 2 is 1.93 bits per heavy atom. The number of piperidine rings is 1. The molecule has 27 heavy (non-hydrogen) atoms. The van der Waals surface area contributed by atoms with Crippen LogP contribution in [0.5, 0.6) is 0 Å². The first-order valence-electron chi connectivity index (χ1n) is 9.58. The van der Waals surface area contributed by atoms with Crippen molar-refractivity contribution in [2.45, 2.75) is 32.1 Å². The number of amides is 1. The Labute approximate surface area is 159 Å². The maximum atomic E-state index is 12.5. The van der Waals surface area contributed by atoms with Gasteiger partial charge in [0.2, 0.25) is 11.9 Å². The van der Waals surface area contributed by atoms with Gasteiger partial charge in [0.05, 0.1) is 0 Å². The molecule has 3 aromatic rings. The molecule has 2 N–H and O–H groups in total. The van der Waals surface area contributed by atoms with Crippen molar-refractivity contribution in [3.63, 3.8) is 0 Å². The van der Waals surface area contributed by atoms with Gasteiger partial charge in [0.15, 0.2) is 0 Å². The molecule has 1 aromatic carbocycles. The van der Waals surface area contributed by atoms with Crippen LogP contribution < -0.4 is 5.32 Å². The first-order chi connectivity index (χ1) is 13.2. The summed E-state index contributed by atoms with van der Waals surface area (Å²) in [7, 11) is 0. The number of likely N-dealkylation sites (tertiary alicyclic amines) is 1. The molecule has 6 nitrogen and oxygen atoms in total. The lowest BCUT2D eigenvalue weighted by Crippen LogP contribution is -2.38. The third-order valence-corrected chi connectivity index (χ3v) is 5.39.